The van der Waals surface area contributed by atoms with Crippen LogP contribution in [0.4, 0.5) is 0 Å². The first-order chi connectivity index (χ1) is 15.0. The molecule has 1 saturated heterocycles. The molecule has 31 heavy (non-hydrogen) atoms. The summed E-state index contributed by atoms with van der Waals surface area (Å²) in [5.41, 5.74) is 2.97. The first kappa shape index (κ1) is 21.2. The third kappa shape index (κ3) is 5.36. The maximum Gasteiger partial charge on any atom is 0.223 e. The molecule has 0 aliphatic carbocycles. The summed E-state index contributed by atoms with van der Waals surface area (Å²) in [4.78, 5) is 23.7. The molecule has 5 heteroatoms. The fourth-order valence-corrected chi connectivity index (χ4v) is 4.18. The van der Waals surface area contributed by atoms with Gasteiger partial charge < -0.3 is 10.0 Å². The highest BCUT2D eigenvalue weighted by atomic mass is 16.3. The molecule has 0 spiro atoms. The normalized spacial score (nSPS) is 16.6. The Balaban J connectivity index is 1.30. The van der Waals surface area contributed by atoms with Gasteiger partial charge in [0, 0.05) is 37.7 Å². The number of carbonyl (C=O) groups is 1. The number of rotatable bonds is 6. The standard InChI is InChI=1S/C26H29N3O2/c1-20(21-8-4-2-5-9-21)16-25(30)29-14-12-26(31,13-15-29)17-23-18-28-24(19-27-23)22-10-6-3-7-11-22/h2-11,18-20,31H,12-17H2,1H3. The fraction of sp³-hybridized carbons (Fsp3) is 0.346. The first-order valence-corrected chi connectivity index (χ1v) is 10.9. The van der Waals surface area contributed by atoms with Crippen molar-refractivity contribution >= 4 is 5.91 Å². The quantitative estimate of drug-likeness (QED) is 0.654. The van der Waals surface area contributed by atoms with E-state index in [0.717, 1.165) is 17.0 Å². The van der Waals surface area contributed by atoms with Gasteiger partial charge in [-0.15, -0.1) is 0 Å². The predicted molar refractivity (Wildman–Crippen MR) is 121 cm³/mol. The highest BCUT2D eigenvalue weighted by molar-refractivity contribution is 5.77. The number of nitrogens with zero attached hydrogens (tertiary/aromatic N) is 3. The average molecular weight is 416 g/mol. The van der Waals surface area contributed by atoms with E-state index >= 15 is 0 Å². The van der Waals surface area contributed by atoms with Crippen molar-refractivity contribution in [2.45, 2.75) is 44.1 Å². The van der Waals surface area contributed by atoms with Gasteiger partial charge in [0.1, 0.15) is 0 Å². The number of likely N-dealkylation sites (tertiary alicyclic amines) is 1. The first-order valence-electron chi connectivity index (χ1n) is 10.9. The van der Waals surface area contributed by atoms with Crippen LogP contribution in [0.3, 0.4) is 0 Å². The SMILES string of the molecule is CC(CC(=O)N1CCC(O)(Cc2cnc(-c3ccccc3)cn2)CC1)c1ccccc1. The Morgan fingerprint density at radius 3 is 2.26 bits per heavy atom. The average Bonchev–Trinajstić information content (AvgIpc) is 2.81. The number of hydrogen-bond acceptors (Lipinski definition) is 4. The van der Waals surface area contributed by atoms with Gasteiger partial charge in [-0.25, -0.2) is 0 Å². The molecule has 3 aromatic rings. The summed E-state index contributed by atoms with van der Waals surface area (Å²) in [5.74, 6) is 0.346. The molecule has 0 saturated carbocycles. The molecule has 1 aliphatic rings. The van der Waals surface area contributed by atoms with Crippen LogP contribution in [0.5, 0.6) is 0 Å². The maximum atomic E-state index is 12.7. The minimum atomic E-state index is -0.842. The lowest BCUT2D eigenvalue weighted by Gasteiger charge is -2.38. The highest BCUT2D eigenvalue weighted by Crippen LogP contribution is 2.28. The number of carbonyl (C=O) groups excluding carboxylic acids is 1. The van der Waals surface area contributed by atoms with Gasteiger partial charge in [-0.2, -0.15) is 0 Å². The van der Waals surface area contributed by atoms with Gasteiger partial charge in [0.25, 0.3) is 0 Å². The van der Waals surface area contributed by atoms with Crippen LogP contribution in [0.1, 0.15) is 43.4 Å². The number of amides is 1. The van der Waals surface area contributed by atoms with Crippen molar-refractivity contribution in [2.24, 2.45) is 0 Å². The fourth-order valence-electron chi connectivity index (χ4n) is 4.18. The zero-order valence-corrected chi connectivity index (χ0v) is 17.9. The summed E-state index contributed by atoms with van der Waals surface area (Å²) >= 11 is 0. The van der Waals surface area contributed by atoms with Gasteiger partial charge in [0.05, 0.1) is 23.2 Å². The third-order valence-electron chi connectivity index (χ3n) is 6.18. The number of benzene rings is 2. The van der Waals surface area contributed by atoms with E-state index in [9.17, 15) is 9.90 Å². The van der Waals surface area contributed by atoms with Crippen LogP contribution in [0.15, 0.2) is 73.1 Å². The lowest BCUT2D eigenvalue weighted by atomic mass is 9.86. The molecule has 1 aromatic heterocycles. The van der Waals surface area contributed by atoms with Gasteiger partial charge in [-0.3, -0.25) is 14.8 Å². The zero-order chi connectivity index (χ0) is 21.7. The number of piperidine rings is 1. The van der Waals surface area contributed by atoms with Gasteiger partial charge in [-0.1, -0.05) is 67.6 Å². The van der Waals surface area contributed by atoms with E-state index in [1.54, 1.807) is 12.4 Å². The number of aliphatic hydroxyl groups is 1. The smallest absolute Gasteiger partial charge is 0.223 e. The summed E-state index contributed by atoms with van der Waals surface area (Å²) in [6, 6.07) is 20.1. The van der Waals surface area contributed by atoms with Crippen molar-refractivity contribution in [2.75, 3.05) is 13.1 Å². The largest absolute Gasteiger partial charge is 0.389 e. The van der Waals surface area contributed by atoms with E-state index in [0.29, 0.717) is 38.8 Å². The number of aromatic nitrogens is 2. The Morgan fingerprint density at radius 1 is 1.00 bits per heavy atom. The van der Waals surface area contributed by atoms with E-state index in [4.69, 9.17) is 0 Å². The van der Waals surface area contributed by atoms with Gasteiger partial charge in [-0.05, 0) is 24.3 Å². The van der Waals surface area contributed by atoms with E-state index in [2.05, 4.69) is 29.0 Å². The summed E-state index contributed by atoms with van der Waals surface area (Å²) in [6.45, 7) is 3.24. The molecule has 5 nitrogen and oxygen atoms in total. The van der Waals surface area contributed by atoms with E-state index < -0.39 is 5.60 Å². The topological polar surface area (TPSA) is 66.3 Å². The summed E-state index contributed by atoms with van der Waals surface area (Å²) < 4.78 is 0. The Labute approximate surface area is 183 Å². The second kappa shape index (κ2) is 9.40. The minimum absolute atomic E-state index is 0.158. The molecule has 0 bridgehead atoms. The molecular formula is C26H29N3O2. The molecule has 1 atom stereocenters. The summed E-state index contributed by atoms with van der Waals surface area (Å²) in [5, 5.41) is 11.1. The van der Waals surface area contributed by atoms with Crippen LogP contribution in [0, 0.1) is 0 Å². The summed E-state index contributed by atoms with van der Waals surface area (Å²) in [7, 11) is 0. The van der Waals surface area contributed by atoms with E-state index in [1.165, 1.54) is 5.56 Å². The molecule has 2 aromatic carbocycles. The number of hydrogen-bond donors (Lipinski definition) is 1. The minimum Gasteiger partial charge on any atom is -0.389 e. The van der Waals surface area contributed by atoms with Crippen molar-refractivity contribution in [1.29, 1.82) is 0 Å². The summed E-state index contributed by atoms with van der Waals surface area (Å²) in [6.07, 6.45) is 5.57. The molecule has 2 heterocycles. The van der Waals surface area contributed by atoms with Crippen LogP contribution in [-0.4, -0.2) is 44.6 Å². The zero-order valence-electron chi connectivity index (χ0n) is 17.9. The van der Waals surface area contributed by atoms with Crippen LogP contribution in [0.25, 0.3) is 11.3 Å². The highest BCUT2D eigenvalue weighted by Gasteiger charge is 2.34. The second-order valence-corrected chi connectivity index (χ2v) is 8.56. The Hall–Kier alpha value is -3.05. The molecule has 1 amide bonds. The lowest BCUT2D eigenvalue weighted by molar-refractivity contribution is -0.135. The molecule has 1 N–H and O–H groups in total. The van der Waals surface area contributed by atoms with Crippen molar-refractivity contribution in [3.8, 4) is 11.3 Å². The van der Waals surface area contributed by atoms with Gasteiger partial charge in [0.2, 0.25) is 5.91 Å². The van der Waals surface area contributed by atoms with Crippen molar-refractivity contribution in [1.82, 2.24) is 14.9 Å². The molecule has 0 radical (unpaired) electrons. The van der Waals surface area contributed by atoms with Crippen LogP contribution in [-0.2, 0) is 11.2 Å². The Bertz CT molecular complexity index is 982. The van der Waals surface area contributed by atoms with Crippen molar-refractivity contribution in [3.63, 3.8) is 0 Å². The third-order valence-corrected chi connectivity index (χ3v) is 6.18. The van der Waals surface area contributed by atoms with E-state index in [1.807, 2.05) is 53.4 Å². The van der Waals surface area contributed by atoms with Gasteiger partial charge >= 0.3 is 0 Å². The molecule has 4 rings (SSSR count). The van der Waals surface area contributed by atoms with Gasteiger partial charge in [0.15, 0.2) is 0 Å². The second-order valence-electron chi connectivity index (χ2n) is 8.56. The van der Waals surface area contributed by atoms with Crippen molar-refractivity contribution in [3.05, 3.63) is 84.3 Å². The molecule has 1 fully saturated rings. The lowest BCUT2D eigenvalue weighted by Crippen LogP contribution is -2.48. The molecule has 1 unspecified atom stereocenters. The Kier molecular flexibility index (Phi) is 6.42. The van der Waals surface area contributed by atoms with E-state index in [-0.39, 0.29) is 11.8 Å². The van der Waals surface area contributed by atoms with Crippen LogP contribution >= 0.6 is 0 Å². The predicted octanol–water partition coefficient (Wildman–Crippen LogP) is 4.23. The van der Waals surface area contributed by atoms with Crippen LogP contribution < -0.4 is 0 Å². The van der Waals surface area contributed by atoms with Crippen molar-refractivity contribution < 1.29 is 9.90 Å². The maximum absolute atomic E-state index is 12.7. The Morgan fingerprint density at radius 2 is 1.65 bits per heavy atom. The molecule has 160 valence electrons. The monoisotopic (exact) mass is 415 g/mol. The molecule has 1 aliphatic heterocycles. The molecular weight excluding hydrogens is 386 g/mol. The van der Waals surface area contributed by atoms with Crippen LogP contribution in [0.2, 0.25) is 0 Å².